The van der Waals surface area contributed by atoms with Crippen molar-refractivity contribution in [3.63, 3.8) is 0 Å². The lowest BCUT2D eigenvalue weighted by Gasteiger charge is -2.09. The van der Waals surface area contributed by atoms with Crippen molar-refractivity contribution < 1.29 is 4.79 Å². The van der Waals surface area contributed by atoms with E-state index >= 15 is 0 Å². The Bertz CT molecular complexity index is 785. The van der Waals surface area contributed by atoms with E-state index in [1.165, 1.54) is 5.56 Å². The summed E-state index contributed by atoms with van der Waals surface area (Å²) in [7, 11) is 0. The highest BCUT2D eigenvalue weighted by atomic mass is 16.1. The minimum absolute atomic E-state index is 0.0151. The number of fused-ring (bicyclic) bond motifs is 1. The highest BCUT2D eigenvalue weighted by Crippen LogP contribution is 2.18. The molecule has 2 aromatic carbocycles. The van der Waals surface area contributed by atoms with E-state index in [2.05, 4.69) is 31.3 Å². The van der Waals surface area contributed by atoms with Gasteiger partial charge in [-0.2, -0.15) is 0 Å². The minimum Gasteiger partial charge on any atom is -0.338 e. The summed E-state index contributed by atoms with van der Waals surface area (Å²) in [6, 6.07) is 18.1. The van der Waals surface area contributed by atoms with E-state index in [0.717, 1.165) is 16.6 Å². The maximum Gasteiger partial charge on any atom is 0.244 e. The molecule has 1 heterocycles. The molecule has 112 valence electrons. The van der Waals surface area contributed by atoms with Gasteiger partial charge in [-0.15, -0.1) is 0 Å². The molecule has 0 atom stereocenters. The Balaban J connectivity index is 1.69. The number of hydrogen-bond acceptors (Lipinski definition) is 1. The first-order chi connectivity index (χ1) is 10.6. The first-order valence-electron chi connectivity index (χ1n) is 7.57. The van der Waals surface area contributed by atoms with E-state index in [4.69, 9.17) is 0 Å². The normalized spacial score (nSPS) is 11.0. The van der Waals surface area contributed by atoms with Crippen LogP contribution in [0.5, 0.6) is 0 Å². The average molecular weight is 292 g/mol. The third-order valence-corrected chi connectivity index (χ3v) is 3.86. The molecule has 0 fully saturated rings. The zero-order valence-electron chi connectivity index (χ0n) is 12.9. The van der Waals surface area contributed by atoms with E-state index in [0.29, 0.717) is 12.5 Å². The summed E-state index contributed by atoms with van der Waals surface area (Å²) < 4.78 is 1.97. The van der Waals surface area contributed by atoms with Crippen LogP contribution in [0.1, 0.15) is 25.3 Å². The first-order valence-corrected chi connectivity index (χ1v) is 7.57. The van der Waals surface area contributed by atoms with Crippen LogP contribution in [0.25, 0.3) is 10.9 Å². The molecule has 0 saturated carbocycles. The van der Waals surface area contributed by atoms with Crippen LogP contribution in [0, 0.1) is 0 Å². The summed E-state index contributed by atoms with van der Waals surface area (Å²) in [6.45, 7) is 4.63. The predicted molar refractivity (Wildman–Crippen MR) is 91.1 cm³/mol. The molecular weight excluding hydrogens is 272 g/mol. The van der Waals surface area contributed by atoms with Gasteiger partial charge in [0.1, 0.15) is 6.54 Å². The van der Waals surface area contributed by atoms with Crippen molar-refractivity contribution in [2.75, 3.05) is 5.32 Å². The number of carbonyl (C=O) groups is 1. The fourth-order valence-electron chi connectivity index (χ4n) is 2.59. The number of nitrogens with zero attached hydrogens (tertiary/aromatic N) is 1. The third kappa shape index (κ3) is 3.03. The molecule has 0 aliphatic rings. The van der Waals surface area contributed by atoms with Gasteiger partial charge in [0, 0.05) is 17.4 Å². The molecule has 1 amide bonds. The lowest BCUT2D eigenvalue weighted by Crippen LogP contribution is -2.18. The fraction of sp³-hybridized carbons (Fsp3) is 0.211. The molecule has 0 saturated heterocycles. The molecule has 0 aliphatic heterocycles. The minimum atomic E-state index is -0.0151. The van der Waals surface area contributed by atoms with Crippen LogP contribution in [-0.4, -0.2) is 10.5 Å². The molecule has 3 rings (SSSR count). The Morgan fingerprint density at radius 1 is 1.05 bits per heavy atom. The van der Waals surface area contributed by atoms with Gasteiger partial charge < -0.3 is 9.88 Å². The second-order valence-electron chi connectivity index (χ2n) is 5.83. The second-order valence-corrected chi connectivity index (χ2v) is 5.83. The summed E-state index contributed by atoms with van der Waals surface area (Å²) in [4.78, 5) is 12.2. The number of hydrogen-bond donors (Lipinski definition) is 1. The van der Waals surface area contributed by atoms with Crippen molar-refractivity contribution in [2.24, 2.45) is 0 Å². The van der Waals surface area contributed by atoms with Gasteiger partial charge in [-0.3, -0.25) is 4.79 Å². The van der Waals surface area contributed by atoms with Gasteiger partial charge in [0.15, 0.2) is 0 Å². The Morgan fingerprint density at radius 3 is 2.50 bits per heavy atom. The maximum absolute atomic E-state index is 12.2. The predicted octanol–water partition coefficient (Wildman–Crippen LogP) is 4.40. The summed E-state index contributed by atoms with van der Waals surface area (Å²) in [5.74, 6) is 0.481. The third-order valence-electron chi connectivity index (χ3n) is 3.86. The number of rotatable bonds is 4. The van der Waals surface area contributed by atoms with Gasteiger partial charge in [0.25, 0.3) is 0 Å². The number of para-hydroxylation sites is 1. The van der Waals surface area contributed by atoms with Gasteiger partial charge in [-0.1, -0.05) is 44.2 Å². The molecule has 3 heteroatoms. The van der Waals surface area contributed by atoms with E-state index in [9.17, 15) is 4.79 Å². The van der Waals surface area contributed by atoms with E-state index in [1.54, 1.807) is 0 Å². The number of aromatic nitrogens is 1. The largest absolute Gasteiger partial charge is 0.338 e. The summed E-state index contributed by atoms with van der Waals surface area (Å²) in [5.41, 5.74) is 3.19. The lowest BCUT2D eigenvalue weighted by molar-refractivity contribution is -0.116. The van der Waals surface area contributed by atoms with Crippen LogP contribution in [0.3, 0.4) is 0 Å². The standard InChI is InChI=1S/C19H20N2O/c1-14(2)15-7-9-17(10-8-15)20-19(22)13-21-12-11-16-5-3-4-6-18(16)21/h3-12,14H,13H2,1-2H3,(H,20,22). The SMILES string of the molecule is CC(C)c1ccc(NC(=O)Cn2ccc3ccccc32)cc1. The molecule has 22 heavy (non-hydrogen) atoms. The Hall–Kier alpha value is -2.55. The van der Waals surface area contributed by atoms with Crippen LogP contribution < -0.4 is 5.32 Å². The Morgan fingerprint density at radius 2 is 1.77 bits per heavy atom. The van der Waals surface area contributed by atoms with Gasteiger partial charge in [-0.25, -0.2) is 0 Å². The van der Waals surface area contributed by atoms with Crippen molar-refractivity contribution in [2.45, 2.75) is 26.3 Å². The van der Waals surface area contributed by atoms with Crippen molar-refractivity contribution in [1.82, 2.24) is 4.57 Å². The van der Waals surface area contributed by atoms with E-state index in [-0.39, 0.29) is 5.91 Å². The lowest BCUT2D eigenvalue weighted by atomic mass is 10.0. The van der Waals surface area contributed by atoms with Crippen LogP contribution >= 0.6 is 0 Å². The highest BCUT2D eigenvalue weighted by Gasteiger charge is 2.07. The molecular formula is C19H20N2O. The quantitative estimate of drug-likeness (QED) is 0.759. The number of benzene rings is 2. The molecule has 0 unspecified atom stereocenters. The zero-order valence-corrected chi connectivity index (χ0v) is 12.9. The number of nitrogens with one attached hydrogen (secondary N) is 1. The molecule has 0 spiro atoms. The van der Waals surface area contributed by atoms with Crippen LogP contribution in [-0.2, 0) is 11.3 Å². The molecule has 1 N–H and O–H groups in total. The van der Waals surface area contributed by atoms with Gasteiger partial charge >= 0.3 is 0 Å². The van der Waals surface area contributed by atoms with Crippen LogP contribution in [0.2, 0.25) is 0 Å². The van der Waals surface area contributed by atoms with E-state index in [1.807, 2.05) is 53.2 Å². The van der Waals surface area contributed by atoms with Crippen LogP contribution in [0.4, 0.5) is 5.69 Å². The molecule has 0 bridgehead atoms. The summed E-state index contributed by atoms with van der Waals surface area (Å²) in [6.07, 6.45) is 1.95. The number of anilines is 1. The number of carbonyl (C=O) groups excluding carboxylic acids is 1. The second kappa shape index (κ2) is 6.06. The van der Waals surface area contributed by atoms with Crippen molar-refractivity contribution in [1.29, 1.82) is 0 Å². The van der Waals surface area contributed by atoms with Crippen molar-refractivity contribution in [3.8, 4) is 0 Å². The fourth-order valence-corrected chi connectivity index (χ4v) is 2.59. The number of amides is 1. The molecule has 3 aromatic rings. The maximum atomic E-state index is 12.2. The summed E-state index contributed by atoms with van der Waals surface area (Å²) in [5, 5.41) is 4.10. The molecule has 1 aromatic heterocycles. The highest BCUT2D eigenvalue weighted by molar-refractivity contribution is 5.92. The summed E-state index contributed by atoms with van der Waals surface area (Å²) >= 11 is 0. The van der Waals surface area contributed by atoms with Gasteiger partial charge in [-0.05, 0) is 41.1 Å². The van der Waals surface area contributed by atoms with Gasteiger partial charge in [0.05, 0.1) is 0 Å². The van der Waals surface area contributed by atoms with Crippen molar-refractivity contribution >= 4 is 22.5 Å². The zero-order chi connectivity index (χ0) is 15.5. The molecule has 3 nitrogen and oxygen atoms in total. The Kier molecular flexibility index (Phi) is 3.96. The smallest absolute Gasteiger partial charge is 0.244 e. The topological polar surface area (TPSA) is 34.0 Å². The first kappa shape index (κ1) is 14.4. The Labute approximate surface area is 130 Å². The van der Waals surface area contributed by atoms with Crippen LogP contribution in [0.15, 0.2) is 60.8 Å². The monoisotopic (exact) mass is 292 g/mol. The van der Waals surface area contributed by atoms with Crippen molar-refractivity contribution in [3.05, 3.63) is 66.4 Å². The van der Waals surface area contributed by atoms with Gasteiger partial charge in [0.2, 0.25) is 5.91 Å². The molecule has 0 aliphatic carbocycles. The average Bonchev–Trinajstić information content (AvgIpc) is 2.91. The van der Waals surface area contributed by atoms with E-state index < -0.39 is 0 Å². The molecule has 0 radical (unpaired) electrons.